The van der Waals surface area contributed by atoms with Gasteiger partial charge in [0.05, 0.1) is 0 Å². The first-order valence-corrected chi connectivity index (χ1v) is 15.8. The van der Waals surface area contributed by atoms with Crippen LogP contribution in [0.25, 0.3) is 0 Å². The molecule has 0 unspecified atom stereocenters. The number of hydrogen-bond donors (Lipinski definition) is 0. The molecule has 8 heteroatoms. The van der Waals surface area contributed by atoms with E-state index in [4.69, 9.17) is 4.65 Å². The Morgan fingerprint density at radius 3 is 1.84 bits per heavy atom. The molecule has 2 saturated carbocycles. The third-order valence-electron chi connectivity index (χ3n) is 8.08. The molecule has 2 aromatic rings. The van der Waals surface area contributed by atoms with E-state index in [-0.39, 0.29) is 34.8 Å². The first-order chi connectivity index (χ1) is 19.6. The molecule has 0 saturated heterocycles. The normalized spacial score (nSPS) is 22.4. The summed E-state index contributed by atoms with van der Waals surface area (Å²) in [5, 5.41) is 2.97. The minimum Gasteiger partial charge on any atom is -0.358 e. The van der Waals surface area contributed by atoms with Gasteiger partial charge in [0.1, 0.15) is 0 Å². The first kappa shape index (κ1) is 39.5. The second-order valence-electron chi connectivity index (χ2n) is 11.2. The van der Waals surface area contributed by atoms with Gasteiger partial charge in [0.15, 0.2) is 0 Å². The average molecular weight is 698 g/mol. The van der Waals surface area contributed by atoms with Crippen LogP contribution in [0.3, 0.4) is 0 Å². The van der Waals surface area contributed by atoms with Crippen molar-refractivity contribution in [3.8, 4) is 0 Å². The van der Waals surface area contributed by atoms with Gasteiger partial charge in [0.2, 0.25) is 0 Å². The van der Waals surface area contributed by atoms with Gasteiger partial charge in [-0.1, -0.05) is 112 Å². The Morgan fingerprint density at radius 2 is 1.35 bits per heavy atom. The molecule has 43 heavy (non-hydrogen) atoms. The summed E-state index contributed by atoms with van der Waals surface area (Å²) in [6.45, 7) is 11.8. The van der Waals surface area contributed by atoms with Gasteiger partial charge in [-0.3, -0.25) is 0 Å². The largest absolute Gasteiger partial charge is 3.00 e. The van der Waals surface area contributed by atoms with E-state index < -0.39 is 7.25 Å². The summed E-state index contributed by atoms with van der Waals surface area (Å²) in [5.74, 6) is 9.30. The quantitative estimate of drug-likeness (QED) is 0.0903. The number of allylic oxidation sites excluding steroid dienone is 4. The zero-order valence-corrected chi connectivity index (χ0v) is 27.8. The van der Waals surface area contributed by atoms with Crippen LogP contribution in [0.4, 0.5) is 17.3 Å². The molecule has 1 nitrogen and oxygen atoms in total. The Morgan fingerprint density at radius 1 is 0.860 bits per heavy atom. The smallest absolute Gasteiger partial charge is 0.358 e. The predicted molar refractivity (Wildman–Crippen MR) is 169 cm³/mol. The van der Waals surface area contributed by atoms with Crippen LogP contribution in [0.1, 0.15) is 46.5 Å². The van der Waals surface area contributed by atoms with Crippen LogP contribution in [-0.4, -0.2) is 13.4 Å². The van der Waals surface area contributed by atoms with Gasteiger partial charge < -0.3 is 24.7 Å². The van der Waals surface area contributed by atoms with Gasteiger partial charge in [-0.15, -0.1) is 0 Å². The van der Waals surface area contributed by atoms with E-state index in [2.05, 4.69) is 119 Å². The van der Waals surface area contributed by atoms with Crippen LogP contribution >= 0.6 is 7.92 Å². The summed E-state index contributed by atoms with van der Waals surface area (Å²) in [4.78, 5) is 0. The fourth-order valence-corrected chi connectivity index (χ4v) is 8.63. The topological polar surface area (TPSA) is 19.9 Å². The number of rotatable bonds is 7. The number of benzene rings is 2. The Balaban J connectivity index is 0.000000936. The minimum absolute atomic E-state index is 0. The van der Waals surface area contributed by atoms with E-state index in [1.54, 1.807) is 11.8 Å². The fourth-order valence-electron chi connectivity index (χ4n) is 6.29. The average Bonchev–Trinajstić information content (AvgIpc) is 3.33. The molecule has 0 amide bonds. The Kier molecular flexibility index (Phi) is 17.6. The summed E-state index contributed by atoms with van der Waals surface area (Å²) in [6, 6.07) is 22.3. The van der Waals surface area contributed by atoms with Gasteiger partial charge >= 0.3 is 38.0 Å². The zero-order chi connectivity index (χ0) is 30.0. The number of fused-ring (bicyclic) bond motifs is 1. The molecule has 3 aliphatic carbocycles. The van der Waals surface area contributed by atoms with Crippen molar-refractivity contribution in [1.82, 2.24) is 0 Å². The molecular weight excluding hydrogens is 657 g/mol. The summed E-state index contributed by atoms with van der Waals surface area (Å²) in [6.07, 6.45) is 18.3. The standard InChI is InChI=1S/C33H38P.CO.CH3.BF4.Rh/c1-24(2)29-19-18-25(3)22-32(29)33-23-26(30-16-10-11-17-31(30)33)20-21-34(27-12-6-4-7-13-27)28-14-8-5-9-15-28;1-2;;2-1(3,4)5;/h4-17,23-25,29,32H,18-22H2,1-3H3;;1H3;;/q;;2*-1;+3/t25-,29-,32-;;;;/m1..../s1. The molecule has 5 radical (unpaired) electrons. The molecule has 3 atom stereocenters. The molecule has 2 aromatic carbocycles. The third kappa shape index (κ3) is 11.7. The van der Waals surface area contributed by atoms with Crippen molar-refractivity contribution < 1.29 is 41.4 Å². The molecule has 0 N–H and O–H groups in total. The molecule has 2 fully saturated rings. The van der Waals surface area contributed by atoms with Crippen molar-refractivity contribution in [3.63, 3.8) is 0 Å². The van der Waals surface area contributed by atoms with Crippen LogP contribution < -0.4 is 10.6 Å². The van der Waals surface area contributed by atoms with Gasteiger partial charge in [0.25, 0.3) is 0 Å². The van der Waals surface area contributed by atoms with Gasteiger partial charge in [-0.05, 0) is 85.9 Å². The summed E-state index contributed by atoms with van der Waals surface area (Å²) in [5.41, 5.74) is 0. The van der Waals surface area contributed by atoms with Crippen molar-refractivity contribution in [3.05, 3.63) is 129 Å². The van der Waals surface area contributed by atoms with E-state index in [9.17, 15) is 17.3 Å². The third-order valence-corrected chi connectivity index (χ3v) is 10.6. The minimum atomic E-state index is -6.00. The first-order valence-electron chi connectivity index (χ1n) is 14.2. The van der Waals surface area contributed by atoms with Crippen LogP contribution in [-0.2, 0) is 24.1 Å². The van der Waals surface area contributed by atoms with Gasteiger partial charge in [-0.25, -0.2) is 0 Å². The molecule has 3 aliphatic rings. The van der Waals surface area contributed by atoms with E-state index in [1.807, 2.05) is 0 Å². The number of hydrogen-bond acceptors (Lipinski definition) is 0. The van der Waals surface area contributed by atoms with Crippen LogP contribution in [0.2, 0.25) is 0 Å². The maximum atomic E-state index is 9.75. The zero-order valence-electron chi connectivity index (χ0n) is 25.3. The molecule has 231 valence electrons. The maximum Gasteiger partial charge on any atom is 3.00 e. The molecule has 0 aliphatic heterocycles. The van der Waals surface area contributed by atoms with Crippen LogP contribution in [0.5, 0.6) is 0 Å². The van der Waals surface area contributed by atoms with Crippen molar-refractivity contribution in [2.45, 2.75) is 46.5 Å². The summed E-state index contributed by atoms with van der Waals surface area (Å²) in [7, 11) is -6.36. The number of halogens is 4. The van der Waals surface area contributed by atoms with E-state index >= 15 is 0 Å². The van der Waals surface area contributed by atoms with Crippen LogP contribution in [0.15, 0.2) is 85.0 Å². The Bertz CT molecular complexity index is 1080. The van der Waals surface area contributed by atoms with Crippen LogP contribution in [0, 0.1) is 67.8 Å². The van der Waals surface area contributed by atoms with E-state index in [0.29, 0.717) is 5.92 Å². The molecule has 0 spiro atoms. The van der Waals surface area contributed by atoms with Crippen molar-refractivity contribution in [2.24, 2.45) is 23.7 Å². The monoisotopic (exact) mass is 698 g/mol. The summed E-state index contributed by atoms with van der Waals surface area (Å²) >= 11 is 0. The summed E-state index contributed by atoms with van der Waals surface area (Å²) < 4.78 is 46.5. The second-order valence-corrected chi connectivity index (χ2v) is 13.5. The van der Waals surface area contributed by atoms with E-state index in [1.165, 1.54) is 47.9 Å². The van der Waals surface area contributed by atoms with Gasteiger partial charge in [-0.2, -0.15) is 0 Å². The Labute approximate surface area is 271 Å². The van der Waals surface area contributed by atoms with Crippen molar-refractivity contribution in [1.29, 1.82) is 0 Å². The van der Waals surface area contributed by atoms with Gasteiger partial charge in [0, 0.05) is 11.8 Å². The fraction of sp³-hybridized carbons (Fsp3) is 0.343. The molecular formula is C35H41BF4OPRh+. The molecule has 0 bridgehead atoms. The maximum absolute atomic E-state index is 9.75. The predicted octanol–water partition coefficient (Wildman–Crippen LogP) is 9.57. The van der Waals surface area contributed by atoms with Crippen molar-refractivity contribution in [2.75, 3.05) is 6.16 Å². The van der Waals surface area contributed by atoms with E-state index in [0.717, 1.165) is 24.2 Å². The molecule has 5 rings (SSSR count). The molecule has 0 heterocycles. The second kappa shape index (κ2) is 19.1. The molecule has 0 aromatic heterocycles. The SMILES string of the molecule is CC(C)[C@H]1CC[C@@H](C)C[C@H]1[C]1[CH][C](CCP(c2ccccc2)c2ccccc2)[C]2C=CC=C[C]21.F[B-](F)(F)F.[C-]#[O+].[CH3-].[Rh+3]. The Hall–Kier alpha value is -1.50. The van der Waals surface area contributed by atoms with Crippen molar-refractivity contribution >= 4 is 25.8 Å².